The fraction of sp³-hybridized carbons (Fsp3) is 0.875. The maximum Gasteiger partial charge on any atom is 0.166 e. The first-order valence-corrected chi connectivity index (χ1v) is 3.68. The van der Waals surface area contributed by atoms with Gasteiger partial charge in [-0.3, -0.25) is 4.79 Å². The highest BCUT2D eigenvalue weighted by Gasteiger charge is 2.33. The number of halogens is 1. The molecule has 0 saturated heterocycles. The Morgan fingerprint density at radius 1 is 1.60 bits per heavy atom. The lowest BCUT2D eigenvalue weighted by Gasteiger charge is -2.30. The van der Waals surface area contributed by atoms with Gasteiger partial charge in [-0.05, 0) is 18.3 Å². The second kappa shape index (κ2) is 2.33. The van der Waals surface area contributed by atoms with Crippen LogP contribution < -0.4 is 0 Å². The van der Waals surface area contributed by atoms with Crippen LogP contribution in [-0.4, -0.2) is 12.0 Å². The summed E-state index contributed by atoms with van der Waals surface area (Å²) in [5, 5.41) is 0. The van der Waals surface area contributed by atoms with Crippen molar-refractivity contribution >= 4 is 5.78 Å². The summed E-state index contributed by atoms with van der Waals surface area (Å²) >= 11 is 0. The maximum atomic E-state index is 12.7. The minimum atomic E-state index is -1.19. The maximum absolute atomic E-state index is 12.7. The molecule has 1 aliphatic carbocycles. The number of alkyl halides is 1. The second-order valence-electron chi connectivity index (χ2n) is 3.80. The Balaban J connectivity index is 2.57. The predicted octanol–water partition coefficient (Wildman–Crippen LogP) is 2.10. The van der Waals surface area contributed by atoms with Crippen molar-refractivity contribution in [3.05, 3.63) is 0 Å². The Bertz CT molecular complexity index is 151. The van der Waals surface area contributed by atoms with Crippen LogP contribution in [-0.2, 0) is 4.79 Å². The van der Waals surface area contributed by atoms with Gasteiger partial charge in [-0.15, -0.1) is 0 Å². The summed E-state index contributed by atoms with van der Waals surface area (Å²) in [4.78, 5) is 10.7. The van der Waals surface area contributed by atoms with Crippen molar-refractivity contribution in [3.8, 4) is 0 Å². The monoisotopic (exact) mass is 144 g/mol. The van der Waals surface area contributed by atoms with E-state index in [1.54, 1.807) is 0 Å². The Kier molecular flexibility index (Phi) is 1.80. The van der Waals surface area contributed by atoms with Crippen molar-refractivity contribution in [1.29, 1.82) is 0 Å². The molecule has 0 aromatic carbocycles. The summed E-state index contributed by atoms with van der Waals surface area (Å²) in [5.74, 6) is -0.209. The largest absolute Gasteiger partial charge is 0.296 e. The molecule has 1 saturated carbocycles. The van der Waals surface area contributed by atoms with E-state index >= 15 is 0 Å². The summed E-state index contributed by atoms with van der Waals surface area (Å²) in [6.45, 7) is 4.01. The van der Waals surface area contributed by atoms with Gasteiger partial charge in [-0.1, -0.05) is 13.8 Å². The highest BCUT2D eigenvalue weighted by Crippen LogP contribution is 2.34. The fourth-order valence-electron chi connectivity index (χ4n) is 1.32. The molecule has 2 heteroatoms. The third-order valence-corrected chi connectivity index (χ3v) is 2.13. The van der Waals surface area contributed by atoms with Crippen LogP contribution in [0.5, 0.6) is 0 Å². The van der Waals surface area contributed by atoms with Gasteiger partial charge < -0.3 is 0 Å². The van der Waals surface area contributed by atoms with Gasteiger partial charge in [0.15, 0.2) is 12.0 Å². The quantitative estimate of drug-likeness (QED) is 0.509. The molecule has 0 aromatic heterocycles. The van der Waals surface area contributed by atoms with Gasteiger partial charge >= 0.3 is 0 Å². The van der Waals surface area contributed by atoms with Gasteiger partial charge in [-0.25, -0.2) is 4.39 Å². The number of carbonyl (C=O) groups is 1. The molecule has 0 aromatic rings. The van der Waals surface area contributed by atoms with Gasteiger partial charge in [-0.2, -0.15) is 0 Å². The lowest BCUT2D eigenvalue weighted by Crippen LogP contribution is -2.30. The number of hydrogen-bond donors (Lipinski definition) is 0. The number of hydrogen-bond acceptors (Lipinski definition) is 1. The molecule has 0 radical (unpaired) electrons. The molecule has 0 amide bonds. The molecule has 58 valence electrons. The third kappa shape index (κ3) is 1.55. The SMILES string of the molecule is CC1(C)CCC(=O)C(F)C1. The lowest BCUT2D eigenvalue weighted by molar-refractivity contribution is -0.128. The minimum Gasteiger partial charge on any atom is -0.296 e. The van der Waals surface area contributed by atoms with Crippen LogP contribution in [0.15, 0.2) is 0 Å². The van der Waals surface area contributed by atoms with Crippen LogP contribution in [0.3, 0.4) is 0 Å². The van der Waals surface area contributed by atoms with Crippen LogP contribution in [0.25, 0.3) is 0 Å². The Hall–Kier alpha value is -0.400. The third-order valence-electron chi connectivity index (χ3n) is 2.13. The van der Waals surface area contributed by atoms with E-state index in [9.17, 15) is 9.18 Å². The van der Waals surface area contributed by atoms with Crippen LogP contribution >= 0.6 is 0 Å². The van der Waals surface area contributed by atoms with E-state index in [-0.39, 0.29) is 11.2 Å². The second-order valence-corrected chi connectivity index (χ2v) is 3.80. The van der Waals surface area contributed by atoms with E-state index < -0.39 is 6.17 Å². The van der Waals surface area contributed by atoms with Gasteiger partial charge in [0.1, 0.15) is 0 Å². The van der Waals surface area contributed by atoms with Gasteiger partial charge in [0.25, 0.3) is 0 Å². The van der Waals surface area contributed by atoms with E-state index in [1.807, 2.05) is 13.8 Å². The molecule has 1 unspecified atom stereocenters. The van der Waals surface area contributed by atoms with Crippen LogP contribution in [0.4, 0.5) is 4.39 Å². The molecule has 0 N–H and O–H groups in total. The molecule has 0 aliphatic heterocycles. The first-order chi connectivity index (χ1) is 4.51. The molecule has 1 fully saturated rings. The van der Waals surface area contributed by atoms with Crippen LogP contribution in [0.2, 0.25) is 0 Å². The summed E-state index contributed by atoms with van der Waals surface area (Å²) in [7, 11) is 0. The zero-order valence-electron chi connectivity index (χ0n) is 6.48. The number of carbonyl (C=O) groups excluding carboxylic acids is 1. The van der Waals surface area contributed by atoms with Gasteiger partial charge in [0.2, 0.25) is 0 Å². The Labute approximate surface area is 60.6 Å². The molecular weight excluding hydrogens is 131 g/mol. The summed E-state index contributed by atoms with van der Waals surface area (Å²) in [5.41, 5.74) is 0.0350. The number of Topliss-reactive ketones (excluding diaryl/α,β-unsaturated/α-hetero) is 1. The van der Waals surface area contributed by atoms with E-state index in [4.69, 9.17) is 0 Å². The molecule has 0 spiro atoms. The zero-order chi connectivity index (χ0) is 7.78. The van der Waals surface area contributed by atoms with E-state index in [0.717, 1.165) is 6.42 Å². The van der Waals surface area contributed by atoms with Crippen molar-refractivity contribution in [3.63, 3.8) is 0 Å². The summed E-state index contributed by atoms with van der Waals surface area (Å²) in [6.07, 6.45) is 0.482. The Morgan fingerprint density at radius 3 is 2.60 bits per heavy atom. The topological polar surface area (TPSA) is 17.1 Å². The molecule has 1 nitrogen and oxygen atoms in total. The first kappa shape index (κ1) is 7.70. The van der Waals surface area contributed by atoms with E-state index in [1.165, 1.54) is 0 Å². The highest BCUT2D eigenvalue weighted by atomic mass is 19.1. The summed E-state index contributed by atoms with van der Waals surface area (Å²) in [6, 6.07) is 0. The van der Waals surface area contributed by atoms with Crippen molar-refractivity contribution in [2.45, 2.75) is 39.3 Å². The molecule has 10 heavy (non-hydrogen) atoms. The average molecular weight is 144 g/mol. The van der Waals surface area contributed by atoms with Crippen molar-refractivity contribution in [2.24, 2.45) is 5.41 Å². The van der Waals surface area contributed by atoms with Crippen LogP contribution in [0, 0.1) is 5.41 Å². The smallest absolute Gasteiger partial charge is 0.166 e. The molecule has 0 bridgehead atoms. The predicted molar refractivity (Wildman–Crippen MR) is 37.5 cm³/mol. The minimum absolute atomic E-state index is 0.0350. The molecule has 1 aliphatic rings. The Morgan fingerprint density at radius 2 is 2.20 bits per heavy atom. The van der Waals surface area contributed by atoms with E-state index in [0.29, 0.717) is 12.8 Å². The fourth-order valence-corrected chi connectivity index (χ4v) is 1.32. The van der Waals surface area contributed by atoms with Crippen molar-refractivity contribution in [2.75, 3.05) is 0 Å². The van der Waals surface area contributed by atoms with Gasteiger partial charge in [0, 0.05) is 6.42 Å². The van der Waals surface area contributed by atoms with Gasteiger partial charge in [0.05, 0.1) is 0 Å². The highest BCUT2D eigenvalue weighted by molar-refractivity contribution is 5.83. The van der Waals surface area contributed by atoms with Crippen molar-refractivity contribution < 1.29 is 9.18 Å². The molecule has 0 heterocycles. The first-order valence-electron chi connectivity index (χ1n) is 3.68. The number of rotatable bonds is 0. The molecule has 1 rings (SSSR count). The lowest BCUT2D eigenvalue weighted by atomic mass is 9.76. The standard InChI is InChI=1S/C8H13FO/c1-8(2)4-3-7(10)6(9)5-8/h6H,3-5H2,1-2H3. The average Bonchev–Trinajstić information content (AvgIpc) is 1.79. The molecular formula is C8H13FO. The van der Waals surface area contributed by atoms with E-state index in [2.05, 4.69) is 0 Å². The summed E-state index contributed by atoms with van der Waals surface area (Å²) < 4.78 is 12.7. The van der Waals surface area contributed by atoms with Crippen molar-refractivity contribution in [1.82, 2.24) is 0 Å². The number of ketones is 1. The molecule has 1 atom stereocenters. The van der Waals surface area contributed by atoms with Crippen LogP contribution in [0.1, 0.15) is 33.1 Å². The normalized spacial score (nSPS) is 32.3. The zero-order valence-corrected chi connectivity index (χ0v) is 6.48.